The van der Waals surface area contributed by atoms with Crippen LogP contribution in [-0.2, 0) is 9.53 Å². The fraction of sp³-hybridized carbons (Fsp3) is 0.500. The third kappa shape index (κ3) is 8.03. The highest BCUT2D eigenvalue weighted by atomic mass is 16.5. The Morgan fingerprint density at radius 3 is 2.57 bits per heavy atom. The largest absolute Gasteiger partial charge is 0.507 e. The molecule has 0 amide bonds. The minimum absolute atomic E-state index is 0.155. The number of allylic oxidation sites excluding steroid dienone is 4. The summed E-state index contributed by atoms with van der Waals surface area (Å²) in [5, 5.41) is 20.9. The molecule has 6 nitrogen and oxygen atoms in total. The van der Waals surface area contributed by atoms with Crippen LogP contribution in [0.2, 0.25) is 0 Å². The quantitative estimate of drug-likeness (QED) is 0.296. The molecule has 1 aromatic heterocycles. The molecule has 0 fully saturated rings. The first-order valence-corrected chi connectivity index (χ1v) is 10.4. The zero-order valence-electron chi connectivity index (χ0n) is 18.6. The summed E-state index contributed by atoms with van der Waals surface area (Å²) in [5.74, 6) is -0.503. The van der Waals surface area contributed by atoms with Crippen molar-refractivity contribution >= 4 is 5.97 Å². The van der Waals surface area contributed by atoms with Gasteiger partial charge < -0.3 is 19.4 Å². The molecule has 2 unspecified atom stereocenters. The molecular weight excluding hydrogens is 384 g/mol. The number of hydrogen-bond donors (Lipinski definition) is 2. The lowest BCUT2D eigenvalue weighted by molar-refractivity contribution is -0.137. The van der Waals surface area contributed by atoms with Crippen molar-refractivity contribution in [2.75, 3.05) is 6.61 Å². The van der Waals surface area contributed by atoms with Crippen LogP contribution >= 0.6 is 0 Å². The monoisotopic (exact) mass is 418 g/mol. The van der Waals surface area contributed by atoms with Gasteiger partial charge in [0.2, 0.25) is 0 Å². The van der Waals surface area contributed by atoms with Crippen LogP contribution in [0.5, 0.6) is 5.75 Å². The van der Waals surface area contributed by atoms with Gasteiger partial charge in [0.05, 0.1) is 6.61 Å². The summed E-state index contributed by atoms with van der Waals surface area (Å²) in [4.78, 5) is 23.7. The second-order valence-corrected chi connectivity index (χ2v) is 7.44. The Bertz CT molecular complexity index is 844. The maximum Gasteiger partial charge on any atom is 0.345 e. The molecule has 2 N–H and O–H groups in total. The summed E-state index contributed by atoms with van der Waals surface area (Å²) in [6.07, 6.45) is 8.66. The molecule has 0 bridgehead atoms. The topological polar surface area (TPSA) is 97.0 Å². The van der Waals surface area contributed by atoms with Crippen molar-refractivity contribution in [3.63, 3.8) is 0 Å². The number of carbonyl (C=O) groups excluding carboxylic acids is 1. The van der Waals surface area contributed by atoms with Gasteiger partial charge in [0.1, 0.15) is 23.2 Å². The van der Waals surface area contributed by atoms with E-state index in [2.05, 4.69) is 6.92 Å². The highest BCUT2D eigenvalue weighted by Crippen LogP contribution is 2.30. The fourth-order valence-electron chi connectivity index (χ4n) is 2.93. The van der Waals surface area contributed by atoms with E-state index in [0.29, 0.717) is 30.8 Å². The third-order valence-electron chi connectivity index (χ3n) is 4.76. The Hall–Kier alpha value is -2.60. The number of aliphatic hydroxyl groups excluding tert-OH is 1. The van der Waals surface area contributed by atoms with Gasteiger partial charge in [-0.3, -0.25) is 0 Å². The Morgan fingerprint density at radius 2 is 1.97 bits per heavy atom. The van der Waals surface area contributed by atoms with Gasteiger partial charge in [0.25, 0.3) is 0 Å². The van der Waals surface area contributed by atoms with Gasteiger partial charge in [-0.15, -0.1) is 0 Å². The van der Waals surface area contributed by atoms with E-state index in [0.717, 1.165) is 12.8 Å². The smallest absolute Gasteiger partial charge is 0.345 e. The highest BCUT2D eigenvalue weighted by molar-refractivity contribution is 5.81. The molecular formula is C24H34O6. The molecule has 6 heteroatoms. The Morgan fingerprint density at radius 1 is 1.27 bits per heavy atom. The van der Waals surface area contributed by atoms with Crippen LogP contribution in [0.15, 0.2) is 50.7 Å². The Kier molecular flexibility index (Phi) is 10.9. The van der Waals surface area contributed by atoms with Crippen molar-refractivity contribution in [2.24, 2.45) is 0 Å². The maximum absolute atomic E-state index is 12.4. The lowest BCUT2D eigenvalue weighted by atomic mass is 9.99. The van der Waals surface area contributed by atoms with Crippen molar-refractivity contribution < 1.29 is 24.2 Å². The lowest BCUT2D eigenvalue weighted by Gasteiger charge is -2.15. The first-order chi connectivity index (χ1) is 14.2. The fourth-order valence-corrected chi connectivity index (χ4v) is 2.93. The zero-order chi connectivity index (χ0) is 22.7. The van der Waals surface area contributed by atoms with E-state index >= 15 is 0 Å². The molecule has 0 saturated heterocycles. The molecule has 0 aromatic carbocycles. The van der Waals surface area contributed by atoms with Crippen LogP contribution in [0.3, 0.4) is 0 Å². The molecule has 1 heterocycles. The molecule has 0 aliphatic rings. The first kappa shape index (κ1) is 25.4. The van der Waals surface area contributed by atoms with Gasteiger partial charge in [-0.05, 0) is 45.6 Å². The van der Waals surface area contributed by atoms with Crippen LogP contribution < -0.4 is 5.63 Å². The molecule has 1 aromatic rings. The molecule has 0 aliphatic carbocycles. The number of ether oxygens (including phenoxy) is 1. The van der Waals surface area contributed by atoms with Gasteiger partial charge in [-0.25, -0.2) is 9.59 Å². The van der Waals surface area contributed by atoms with Gasteiger partial charge >= 0.3 is 11.6 Å². The summed E-state index contributed by atoms with van der Waals surface area (Å²) < 4.78 is 10.2. The minimum Gasteiger partial charge on any atom is -0.507 e. The number of rotatable bonds is 11. The van der Waals surface area contributed by atoms with Crippen LogP contribution in [0, 0.1) is 0 Å². The average molecular weight is 419 g/mol. The van der Waals surface area contributed by atoms with Gasteiger partial charge in [-0.1, -0.05) is 44.1 Å². The molecule has 166 valence electrons. The molecule has 0 saturated carbocycles. The standard InChI is InChI=1S/C24H34O6/c1-6-10-16(3)13-14-18(5)23(27)22-19(25)15-20(30-24(22)28)17(4)11-8-9-12-21(26)29-7-2/h9,12-15,17,23,25,27H,6-8,10-11H2,1-5H3. The third-order valence-corrected chi connectivity index (χ3v) is 4.76. The van der Waals surface area contributed by atoms with Gasteiger partial charge in [-0.2, -0.15) is 0 Å². The van der Waals surface area contributed by atoms with Crippen molar-refractivity contribution in [3.8, 4) is 5.75 Å². The van der Waals surface area contributed by atoms with Crippen LogP contribution in [0.4, 0.5) is 0 Å². The lowest BCUT2D eigenvalue weighted by Crippen LogP contribution is -2.15. The second kappa shape index (κ2) is 12.9. The van der Waals surface area contributed by atoms with E-state index in [1.165, 1.54) is 17.7 Å². The average Bonchev–Trinajstić information content (AvgIpc) is 2.68. The van der Waals surface area contributed by atoms with E-state index in [1.54, 1.807) is 26.0 Å². The van der Waals surface area contributed by atoms with Crippen molar-refractivity contribution in [1.82, 2.24) is 0 Å². The first-order valence-electron chi connectivity index (χ1n) is 10.4. The Balaban J connectivity index is 2.90. The number of carbonyl (C=O) groups is 1. The van der Waals surface area contributed by atoms with Crippen molar-refractivity contribution in [2.45, 2.75) is 72.3 Å². The van der Waals surface area contributed by atoms with Gasteiger partial charge in [0, 0.05) is 18.1 Å². The van der Waals surface area contributed by atoms with E-state index in [-0.39, 0.29) is 17.2 Å². The van der Waals surface area contributed by atoms with E-state index in [4.69, 9.17) is 9.15 Å². The summed E-state index contributed by atoms with van der Waals surface area (Å²) in [7, 11) is 0. The second-order valence-electron chi connectivity index (χ2n) is 7.44. The predicted molar refractivity (Wildman–Crippen MR) is 117 cm³/mol. The van der Waals surface area contributed by atoms with E-state index < -0.39 is 17.7 Å². The van der Waals surface area contributed by atoms with Crippen LogP contribution in [0.25, 0.3) is 0 Å². The summed E-state index contributed by atoms with van der Waals surface area (Å²) >= 11 is 0. The number of esters is 1. The Labute approximate surface area is 178 Å². The van der Waals surface area contributed by atoms with E-state index in [9.17, 15) is 19.8 Å². The minimum atomic E-state index is -1.25. The predicted octanol–water partition coefficient (Wildman–Crippen LogP) is 5.07. The molecule has 0 radical (unpaired) electrons. The molecule has 0 aliphatic heterocycles. The summed E-state index contributed by atoms with van der Waals surface area (Å²) in [6.45, 7) is 9.72. The summed E-state index contributed by atoms with van der Waals surface area (Å²) in [6, 6.07) is 1.38. The molecule has 2 atom stereocenters. The van der Waals surface area contributed by atoms with Crippen LogP contribution in [-0.4, -0.2) is 22.8 Å². The molecule has 30 heavy (non-hydrogen) atoms. The zero-order valence-corrected chi connectivity index (χ0v) is 18.6. The van der Waals surface area contributed by atoms with Crippen molar-refractivity contribution in [3.05, 3.63) is 63.3 Å². The molecule has 1 rings (SSSR count). The highest BCUT2D eigenvalue weighted by Gasteiger charge is 2.22. The number of hydrogen-bond acceptors (Lipinski definition) is 6. The SMILES string of the molecule is CCCC(C)=CC=C(C)C(O)c1c(O)cc(C(C)CCC=CC(=O)OCC)oc1=O. The molecule has 0 spiro atoms. The van der Waals surface area contributed by atoms with Gasteiger partial charge in [0.15, 0.2) is 0 Å². The normalized spacial score (nSPS) is 14.7. The van der Waals surface area contributed by atoms with Crippen LogP contribution in [0.1, 0.15) is 83.6 Å². The van der Waals surface area contributed by atoms with Crippen molar-refractivity contribution in [1.29, 1.82) is 0 Å². The van der Waals surface area contributed by atoms with E-state index in [1.807, 2.05) is 19.9 Å². The number of aromatic hydroxyl groups is 1. The summed E-state index contributed by atoms with van der Waals surface area (Å²) in [5.41, 5.74) is 0.788. The maximum atomic E-state index is 12.4. The number of aliphatic hydroxyl groups is 1.